The van der Waals surface area contributed by atoms with Gasteiger partial charge in [-0.3, -0.25) is 0 Å². The molecule has 5 nitrogen and oxygen atoms in total. The van der Waals surface area contributed by atoms with Crippen molar-refractivity contribution in [3.8, 4) is 0 Å². The second-order valence-corrected chi connectivity index (χ2v) is 7.68. The molecule has 0 amide bonds. The predicted molar refractivity (Wildman–Crippen MR) is 88.1 cm³/mol. The molecule has 1 aliphatic rings. The second-order valence-electron chi connectivity index (χ2n) is 4.96. The van der Waals surface area contributed by atoms with E-state index in [1.54, 1.807) is 7.11 Å². The van der Waals surface area contributed by atoms with Gasteiger partial charge in [-0.05, 0) is 47.0 Å². The second kappa shape index (κ2) is 8.03. The summed E-state index contributed by atoms with van der Waals surface area (Å²) in [6.07, 6.45) is 1.19. The van der Waals surface area contributed by atoms with Gasteiger partial charge in [0.15, 0.2) is 0 Å². The Hall–Kier alpha value is -0.250. The van der Waals surface area contributed by atoms with Gasteiger partial charge in [0, 0.05) is 30.7 Å². The zero-order valence-electron chi connectivity index (χ0n) is 12.0. The lowest BCUT2D eigenvalue weighted by molar-refractivity contribution is 0.0401. The van der Waals surface area contributed by atoms with Gasteiger partial charge in [-0.15, -0.1) is 12.4 Å². The first-order chi connectivity index (χ1) is 9.90. The average Bonchev–Trinajstić information content (AvgIpc) is 2.46. The van der Waals surface area contributed by atoms with Gasteiger partial charge in [-0.2, -0.15) is 4.31 Å². The number of benzene rings is 1. The summed E-state index contributed by atoms with van der Waals surface area (Å²) in [5.74, 6) is -0.491. The van der Waals surface area contributed by atoms with E-state index in [1.807, 2.05) is 0 Å². The van der Waals surface area contributed by atoms with Crippen LogP contribution in [0.1, 0.15) is 12.8 Å². The van der Waals surface area contributed by atoms with Crippen LogP contribution in [-0.2, 0) is 14.8 Å². The Morgan fingerprint density at radius 2 is 2.18 bits per heavy atom. The highest BCUT2D eigenvalue weighted by atomic mass is 79.9. The lowest BCUT2D eigenvalue weighted by atomic mass is 10.0. The molecule has 126 valence electrons. The summed E-state index contributed by atoms with van der Waals surface area (Å²) in [6, 6.07) is 3.24. The third-order valence-corrected chi connectivity index (χ3v) is 6.63. The molecule has 2 unspecified atom stereocenters. The lowest BCUT2D eigenvalue weighted by Gasteiger charge is -2.37. The van der Waals surface area contributed by atoms with E-state index in [0.717, 1.165) is 12.1 Å². The number of nitrogens with zero attached hydrogens (tertiary/aromatic N) is 1. The van der Waals surface area contributed by atoms with Gasteiger partial charge >= 0.3 is 0 Å². The fourth-order valence-electron chi connectivity index (χ4n) is 2.55. The Kier molecular flexibility index (Phi) is 7.22. The van der Waals surface area contributed by atoms with Crippen molar-refractivity contribution >= 4 is 38.4 Å². The highest BCUT2D eigenvalue weighted by Crippen LogP contribution is 2.30. The summed E-state index contributed by atoms with van der Waals surface area (Å²) in [5, 5.41) is 0. The smallest absolute Gasteiger partial charge is 0.244 e. The number of rotatable bonds is 4. The molecule has 1 fully saturated rings. The van der Waals surface area contributed by atoms with Crippen molar-refractivity contribution in [2.45, 2.75) is 29.9 Å². The van der Waals surface area contributed by atoms with Crippen LogP contribution in [0, 0.1) is 5.82 Å². The van der Waals surface area contributed by atoms with E-state index in [0.29, 0.717) is 19.4 Å². The largest absolute Gasteiger partial charge is 0.381 e. The van der Waals surface area contributed by atoms with Crippen molar-refractivity contribution in [3.05, 3.63) is 28.5 Å². The van der Waals surface area contributed by atoms with Crippen LogP contribution in [0.2, 0.25) is 0 Å². The van der Waals surface area contributed by atoms with Gasteiger partial charge in [0.25, 0.3) is 0 Å². The summed E-state index contributed by atoms with van der Waals surface area (Å²) in [7, 11) is -2.11. The van der Waals surface area contributed by atoms with Crippen LogP contribution in [0.5, 0.6) is 0 Å². The molecule has 0 aliphatic carbocycles. The van der Waals surface area contributed by atoms with Crippen molar-refractivity contribution in [2.24, 2.45) is 5.73 Å². The van der Waals surface area contributed by atoms with Crippen molar-refractivity contribution in [3.63, 3.8) is 0 Å². The molecule has 1 aromatic rings. The van der Waals surface area contributed by atoms with E-state index >= 15 is 0 Å². The zero-order chi connectivity index (χ0) is 15.6. The number of halogens is 3. The van der Waals surface area contributed by atoms with Crippen LogP contribution in [0.15, 0.2) is 27.6 Å². The van der Waals surface area contributed by atoms with Gasteiger partial charge in [0.2, 0.25) is 10.0 Å². The number of nitrogens with two attached hydrogens (primary N) is 1. The molecule has 0 spiro atoms. The van der Waals surface area contributed by atoms with Crippen LogP contribution in [0.25, 0.3) is 0 Å². The molecule has 1 heterocycles. The van der Waals surface area contributed by atoms with Crippen LogP contribution < -0.4 is 5.73 Å². The molecule has 1 aliphatic heterocycles. The molecule has 1 aromatic carbocycles. The first kappa shape index (κ1) is 19.8. The number of hydrogen-bond acceptors (Lipinski definition) is 4. The van der Waals surface area contributed by atoms with Gasteiger partial charge in [-0.1, -0.05) is 0 Å². The Morgan fingerprint density at radius 1 is 1.50 bits per heavy atom. The molecule has 2 rings (SSSR count). The zero-order valence-corrected chi connectivity index (χ0v) is 15.3. The predicted octanol–water partition coefficient (Wildman–Crippen LogP) is 2.14. The summed E-state index contributed by atoms with van der Waals surface area (Å²) in [5.41, 5.74) is 5.71. The number of hydrogen-bond donors (Lipinski definition) is 1. The summed E-state index contributed by atoms with van der Waals surface area (Å²) in [6.45, 7) is 0.560. The van der Waals surface area contributed by atoms with E-state index < -0.39 is 15.8 Å². The number of ether oxygens (including phenoxy) is 1. The Bertz CT molecular complexity index is 617. The minimum Gasteiger partial charge on any atom is -0.381 e. The molecular formula is C13H19BrClFN2O3S. The van der Waals surface area contributed by atoms with Gasteiger partial charge in [0.05, 0.1) is 11.0 Å². The van der Waals surface area contributed by atoms with Crippen LogP contribution in [0.3, 0.4) is 0 Å². The van der Waals surface area contributed by atoms with Gasteiger partial charge in [0.1, 0.15) is 5.82 Å². The minimum atomic E-state index is -3.72. The Labute approximate surface area is 144 Å². The van der Waals surface area contributed by atoms with Crippen molar-refractivity contribution in [1.82, 2.24) is 4.31 Å². The normalized spacial score (nSPS) is 23.1. The maximum Gasteiger partial charge on any atom is 0.244 e. The molecule has 9 heteroatoms. The van der Waals surface area contributed by atoms with Crippen molar-refractivity contribution < 1.29 is 17.5 Å². The Balaban J connectivity index is 0.00000242. The van der Waals surface area contributed by atoms with Gasteiger partial charge in [-0.25, -0.2) is 12.8 Å². The molecule has 0 bridgehead atoms. The molecule has 1 saturated heterocycles. The van der Waals surface area contributed by atoms with Crippen LogP contribution >= 0.6 is 28.3 Å². The maximum atomic E-state index is 13.1. The molecule has 2 atom stereocenters. The molecule has 0 radical (unpaired) electrons. The first-order valence-electron chi connectivity index (χ1n) is 6.60. The summed E-state index contributed by atoms with van der Waals surface area (Å²) in [4.78, 5) is 0.0539. The number of methoxy groups -OCH3 is 1. The average molecular weight is 418 g/mol. The fourth-order valence-corrected chi connectivity index (χ4v) is 5.22. The first-order valence-corrected chi connectivity index (χ1v) is 8.83. The van der Waals surface area contributed by atoms with Crippen LogP contribution in [-0.4, -0.2) is 45.1 Å². The highest BCUT2D eigenvalue weighted by molar-refractivity contribution is 9.10. The quantitative estimate of drug-likeness (QED) is 0.814. The Morgan fingerprint density at radius 3 is 2.73 bits per heavy atom. The minimum absolute atomic E-state index is 0. The van der Waals surface area contributed by atoms with E-state index in [-0.39, 0.29) is 40.5 Å². The van der Waals surface area contributed by atoms with E-state index in [4.69, 9.17) is 10.5 Å². The summed E-state index contributed by atoms with van der Waals surface area (Å²) >= 11 is 3.12. The molecule has 22 heavy (non-hydrogen) atoms. The van der Waals surface area contributed by atoms with E-state index in [1.165, 1.54) is 10.4 Å². The topological polar surface area (TPSA) is 72.6 Å². The molecule has 2 N–H and O–H groups in total. The molecule has 0 aromatic heterocycles. The highest BCUT2D eigenvalue weighted by Gasteiger charge is 2.37. The number of sulfonamides is 1. The SMILES string of the molecule is COC1CCN(S(=O)(=O)c2ccc(F)cc2Br)C(CN)C1.Cl. The van der Waals surface area contributed by atoms with E-state index in [9.17, 15) is 12.8 Å². The van der Waals surface area contributed by atoms with Crippen molar-refractivity contribution in [2.75, 3.05) is 20.2 Å². The standard InChI is InChI=1S/C13H18BrFN2O3S.ClH/c1-20-11-4-5-17(10(7-11)8-16)21(18,19)13-3-2-9(15)6-12(13)14;/h2-3,6,10-11H,4-5,7-8,16H2,1H3;1H. The van der Waals surface area contributed by atoms with Gasteiger partial charge < -0.3 is 10.5 Å². The number of piperidine rings is 1. The molecule has 0 saturated carbocycles. The van der Waals surface area contributed by atoms with Crippen LogP contribution in [0.4, 0.5) is 4.39 Å². The maximum absolute atomic E-state index is 13.1. The van der Waals surface area contributed by atoms with Crippen molar-refractivity contribution in [1.29, 1.82) is 0 Å². The third-order valence-electron chi connectivity index (χ3n) is 3.70. The fraction of sp³-hybridized carbons (Fsp3) is 0.538. The molecular weight excluding hydrogens is 399 g/mol. The lowest BCUT2D eigenvalue weighted by Crippen LogP contribution is -2.51. The van der Waals surface area contributed by atoms with E-state index in [2.05, 4.69) is 15.9 Å². The third kappa shape index (κ3) is 3.98. The monoisotopic (exact) mass is 416 g/mol. The summed E-state index contributed by atoms with van der Waals surface area (Å²) < 4.78 is 45.6.